The van der Waals surface area contributed by atoms with Gasteiger partial charge in [-0.3, -0.25) is 4.79 Å². The molecule has 1 aromatic rings. The molecule has 0 aliphatic heterocycles. The van der Waals surface area contributed by atoms with Crippen molar-refractivity contribution < 1.29 is 19.4 Å². The number of nitrogens with zero attached hydrogens (tertiary/aromatic N) is 1. The Morgan fingerprint density at radius 1 is 1.75 bits per heavy atom. The second kappa shape index (κ2) is 6.32. The van der Waals surface area contributed by atoms with Gasteiger partial charge in [0.1, 0.15) is 12.3 Å². The van der Waals surface area contributed by atoms with E-state index >= 15 is 0 Å². The molecule has 68 valence electrons. The number of carboxylic acids is 1. The maximum atomic E-state index is 9.65. The molecule has 0 saturated carbocycles. The highest BCUT2D eigenvalue weighted by molar-refractivity contribution is 5.73. The highest BCUT2D eigenvalue weighted by atomic mass is 16.4. The number of oxazole rings is 1. The SMILES string of the molecule is N[C@@H](CO)C(=O)O.c1cocn1. The van der Waals surface area contributed by atoms with Crippen LogP contribution in [0.25, 0.3) is 0 Å². The number of nitrogens with two attached hydrogens (primary N) is 1. The van der Waals surface area contributed by atoms with Gasteiger partial charge in [0.25, 0.3) is 0 Å². The minimum Gasteiger partial charge on any atom is -0.480 e. The van der Waals surface area contributed by atoms with Crippen LogP contribution in [0.2, 0.25) is 0 Å². The summed E-state index contributed by atoms with van der Waals surface area (Å²) in [5.74, 6) is -1.18. The summed E-state index contributed by atoms with van der Waals surface area (Å²) >= 11 is 0. The van der Waals surface area contributed by atoms with Gasteiger partial charge in [-0.2, -0.15) is 0 Å². The third-order valence-electron chi connectivity index (χ3n) is 0.861. The molecule has 0 amide bonds. The first-order chi connectivity index (χ1) is 5.68. The molecular formula is C6H10N2O4. The Morgan fingerprint density at radius 3 is 2.50 bits per heavy atom. The van der Waals surface area contributed by atoms with E-state index in [1.165, 1.54) is 12.7 Å². The number of aliphatic hydroxyl groups excluding tert-OH is 1. The molecule has 0 radical (unpaired) electrons. The summed E-state index contributed by atoms with van der Waals surface area (Å²) in [6.07, 6.45) is 4.47. The lowest BCUT2D eigenvalue weighted by Gasteiger charge is -1.96. The van der Waals surface area contributed by atoms with Crippen LogP contribution in [0, 0.1) is 0 Å². The van der Waals surface area contributed by atoms with Crippen LogP contribution in [0.5, 0.6) is 0 Å². The van der Waals surface area contributed by atoms with Crippen molar-refractivity contribution in [2.75, 3.05) is 6.61 Å². The van der Waals surface area contributed by atoms with Crippen LogP contribution < -0.4 is 5.73 Å². The van der Waals surface area contributed by atoms with Gasteiger partial charge < -0.3 is 20.4 Å². The number of carboxylic acid groups (broad SMARTS) is 1. The van der Waals surface area contributed by atoms with Gasteiger partial charge in [-0.1, -0.05) is 0 Å². The summed E-state index contributed by atoms with van der Waals surface area (Å²) in [7, 11) is 0. The van der Waals surface area contributed by atoms with Crippen LogP contribution in [0.1, 0.15) is 0 Å². The van der Waals surface area contributed by atoms with Crippen LogP contribution in [0.3, 0.4) is 0 Å². The number of hydrogen-bond acceptors (Lipinski definition) is 5. The molecule has 0 fully saturated rings. The molecule has 1 heterocycles. The Hall–Kier alpha value is -1.40. The first-order valence-corrected chi connectivity index (χ1v) is 3.10. The molecule has 0 unspecified atom stereocenters. The minimum absolute atomic E-state index is 0.505. The van der Waals surface area contributed by atoms with Crippen molar-refractivity contribution in [1.29, 1.82) is 0 Å². The zero-order chi connectivity index (χ0) is 9.40. The molecule has 1 atom stereocenters. The number of aliphatic carboxylic acids is 1. The number of rotatable bonds is 2. The Labute approximate surface area is 68.6 Å². The van der Waals surface area contributed by atoms with Crippen molar-refractivity contribution in [2.24, 2.45) is 5.73 Å². The van der Waals surface area contributed by atoms with Gasteiger partial charge in [0.05, 0.1) is 12.8 Å². The normalized spacial score (nSPS) is 11.2. The molecule has 0 aromatic carbocycles. The Bertz CT molecular complexity index is 182. The summed E-state index contributed by atoms with van der Waals surface area (Å²) in [5, 5.41) is 15.9. The van der Waals surface area contributed by atoms with E-state index in [1.54, 1.807) is 6.20 Å². The van der Waals surface area contributed by atoms with E-state index in [0.717, 1.165) is 0 Å². The molecule has 1 aromatic heterocycles. The molecular weight excluding hydrogens is 164 g/mol. The molecule has 1 rings (SSSR count). The lowest BCUT2D eigenvalue weighted by molar-refractivity contribution is -0.139. The summed E-state index contributed by atoms with van der Waals surface area (Å²) in [5.41, 5.74) is 4.77. The van der Waals surface area contributed by atoms with Crippen LogP contribution in [0.15, 0.2) is 23.3 Å². The van der Waals surface area contributed by atoms with Crippen molar-refractivity contribution in [3.05, 3.63) is 18.9 Å². The van der Waals surface area contributed by atoms with Crippen LogP contribution >= 0.6 is 0 Å². The first kappa shape index (κ1) is 10.6. The fraction of sp³-hybridized carbons (Fsp3) is 0.333. The third kappa shape index (κ3) is 5.39. The van der Waals surface area contributed by atoms with E-state index in [9.17, 15) is 4.79 Å². The average molecular weight is 174 g/mol. The number of hydrogen-bond donors (Lipinski definition) is 3. The topological polar surface area (TPSA) is 110 Å². The lowest BCUT2D eigenvalue weighted by Crippen LogP contribution is -2.33. The van der Waals surface area contributed by atoms with Gasteiger partial charge in [-0.15, -0.1) is 0 Å². The first-order valence-electron chi connectivity index (χ1n) is 3.10. The van der Waals surface area contributed by atoms with Crippen molar-refractivity contribution in [3.63, 3.8) is 0 Å². The third-order valence-corrected chi connectivity index (χ3v) is 0.861. The van der Waals surface area contributed by atoms with Crippen molar-refractivity contribution in [3.8, 4) is 0 Å². The maximum absolute atomic E-state index is 9.65. The van der Waals surface area contributed by atoms with Gasteiger partial charge in [0.15, 0.2) is 6.39 Å². The fourth-order valence-electron chi connectivity index (χ4n) is 0.254. The largest absolute Gasteiger partial charge is 0.480 e. The molecule has 12 heavy (non-hydrogen) atoms. The maximum Gasteiger partial charge on any atom is 0.322 e. The highest BCUT2D eigenvalue weighted by Gasteiger charge is 2.06. The van der Waals surface area contributed by atoms with Crippen molar-refractivity contribution >= 4 is 5.97 Å². The van der Waals surface area contributed by atoms with Gasteiger partial charge in [0, 0.05) is 0 Å². The van der Waals surface area contributed by atoms with Crippen LogP contribution in [-0.2, 0) is 4.79 Å². The second-order valence-electron chi connectivity index (χ2n) is 1.80. The van der Waals surface area contributed by atoms with Gasteiger partial charge in [-0.25, -0.2) is 4.98 Å². The Balaban J connectivity index is 0.000000211. The summed E-state index contributed by atoms with van der Waals surface area (Å²) in [6, 6.07) is -1.13. The molecule has 6 nitrogen and oxygen atoms in total. The van der Waals surface area contributed by atoms with Gasteiger partial charge in [-0.05, 0) is 0 Å². The quantitative estimate of drug-likeness (QED) is 0.534. The van der Waals surface area contributed by atoms with Gasteiger partial charge >= 0.3 is 5.97 Å². The average Bonchev–Trinajstić information content (AvgIpc) is 2.59. The Morgan fingerprint density at radius 2 is 2.42 bits per heavy atom. The van der Waals surface area contributed by atoms with Crippen molar-refractivity contribution in [2.45, 2.75) is 6.04 Å². The minimum atomic E-state index is -1.18. The zero-order valence-electron chi connectivity index (χ0n) is 6.25. The van der Waals surface area contributed by atoms with E-state index in [-0.39, 0.29) is 0 Å². The standard InChI is InChI=1S/C3H7NO3.C3H3NO/c4-2(1-5)3(6)7;1-2-5-3-4-1/h2,5H,1,4H2,(H,6,7);1-3H/t2-;/m0./s1. The second-order valence-corrected chi connectivity index (χ2v) is 1.80. The van der Waals surface area contributed by atoms with E-state index in [0.29, 0.717) is 0 Å². The number of aromatic nitrogens is 1. The Kier molecular flexibility index (Phi) is 5.58. The van der Waals surface area contributed by atoms with E-state index in [1.807, 2.05) is 0 Å². The monoisotopic (exact) mass is 174 g/mol. The lowest BCUT2D eigenvalue weighted by atomic mass is 10.3. The van der Waals surface area contributed by atoms with Crippen LogP contribution in [-0.4, -0.2) is 33.8 Å². The van der Waals surface area contributed by atoms with Crippen LogP contribution in [0.4, 0.5) is 0 Å². The predicted octanol–water partition coefficient (Wildman–Crippen LogP) is -0.935. The molecule has 0 spiro atoms. The molecule has 0 aliphatic rings. The van der Waals surface area contributed by atoms with E-state index in [2.05, 4.69) is 9.40 Å². The molecule has 0 saturated heterocycles. The summed E-state index contributed by atoms with van der Waals surface area (Å²) < 4.78 is 4.47. The smallest absolute Gasteiger partial charge is 0.322 e. The molecule has 0 bridgehead atoms. The predicted molar refractivity (Wildman–Crippen MR) is 39.2 cm³/mol. The van der Waals surface area contributed by atoms with Gasteiger partial charge in [0.2, 0.25) is 0 Å². The molecule has 0 aliphatic carbocycles. The van der Waals surface area contributed by atoms with E-state index in [4.69, 9.17) is 15.9 Å². The number of carbonyl (C=O) groups is 1. The number of aliphatic hydroxyl groups is 1. The highest BCUT2D eigenvalue weighted by Crippen LogP contribution is 1.72. The molecule has 6 heteroatoms. The summed E-state index contributed by atoms with van der Waals surface area (Å²) in [4.78, 5) is 13.2. The fourth-order valence-corrected chi connectivity index (χ4v) is 0.254. The van der Waals surface area contributed by atoms with Crippen molar-refractivity contribution in [1.82, 2.24) is 4.98 Å². The summed E-state index contributed by atoms with van der Waals surface area (Å²) in [6.45, 7) is -0.505. The molecule has 4 N–H and O–H groups in total. The van der Waals surface area contributed by atoms with E-state index < -0.39 is 18.6 Å². The zero-order valence-corrected chi connectivity index (χ0v) is 6.25.